The standard InChI is InChI=1S/C10H19N/c1-2-11-6-5-9-3-4-10(7-9)8-11/h9-10H,2-8H2,1H3. The van der Waals surface area contributed by atoms with Crippen LogP contribution in [0.5, 0.6) is 0 Å². The van der Waals surface area contributed by atoms with Gasteiger partial charge in [-0.3, -0.25) is 0 Å². The summed E-state index contributed by atoms with van der Waals surface area (Å²) in [5.41, 5.74) is 0. The molecule has 1 heterocycles. The van der Waals surface area contributed by atoms with Crippen LogP contribution in [0.4, 0.5) is 0 Å². The Morgan fingerprint density at radius 1 is 1.18 bits per heavy atom. The Hall–Kier alpha value is -0.0400. The minimum atomic E-state index is 1.06. The maximum Gasteiger partial charge on any atom is 0.000965 e. The minimum absolute atomic E-state index is 1.06. The summed E-state index contributed by atoms with van der Waals surface area (Å²) in [5.74, 6) is 2.15. The number of likely N-dealkylation sites (tertiary alicyclic amines) is 1. The van der Waals surface area contributed by atoms with Gasteiger partial charge in [0.15, 0.2) is 0 Å². The molecule has 0 aromatic rings. The molecule has 11 heavy (non-hydrogen) atoms. The van der Waals surface area contributed by atoms with Crippen LogP contribution >= 0.6 is 0 Å². The van der Waals surface area contributed by atoms with Crippen LogP contribution in [0.1, 0.15) is 32.6 Å². The lowest BCUT2D eigenvalue weighted by atomic mass is 10.0. The largest absolute Gasteiger partial charge is 0.303 e. The van der Waals surface area contributed by atoms with Gasteiger partial charge in [-0.05, 0) is 44.2 Å². The molecule has 2 rings (SSSR count). The third-order valence-electron chi connectivity index (χ3n) is 3.47. The van der Waals surface area contributed by atoms with E-state index in [1.165, 1.54) is 45.3 Å². The van der Waals surface area contributed by atoms with Crippen LogP contribution in [0.2, 0.25) is 0 Å². The first-order chi connectivity index (χ1) is 5.38. The second kappa shape index (κ2) is 3.14. The van der Waals surface area contributed by atoms with Gasteiger partial charge in [0, 0.05) is 6.54 Å². The van der Waals surface area contributed by atoms with Gasteiger partial charge in [-0.2, -0.15) is 0 Å². The summed E-state index contributed by atoms with van der Waals surface area (Å²) in [7, 11) is 0. The lowest BCUT2D eigenvalue weighted by Crippen LogP contribution is -2.28. The van der Waals surface area contributed by atoms with Gasteiger partial charge in [-0.1, -0.05) is 13.3 Å². The Labute approximate surface area is 69.8 Å². The van der Waals surface area contributed by atoms with E-state index >= 15 is 0 Å². The van der Waals surface area contributed by atoms with Crippen molar-refractivity contribution in [3.05, 3.63) is 0 Å². The molecular weight excluding hydrogens is 134 g/mol. The summed E-state index contributed by atoms with van der Waals surface area (Å²) in [6, 6.07) is 0. The molecule has 1 saturated carbocycles. The van der Waals surface area contributed by atoms with Crippen LogP contribution < -0.4 is 0 Å². The van der Waals surface area contributed by atoms with Gasteiger partial charge < -0.3 is 4.90 Å². The van der Waals surface area contributed by atoms with Crippen molar-refractivity contribution in [1.82, 2.24) is 4.90 Å². The first-order valence-corrected chi connectivity index (χ1v) is 5.11. The van der Waals surface area contributed by atoms with E-state index in [2.05, 4.69) is 11.8 Å². The van der Waals surface area contributed by atoms with Crippen molar-refractivity contribution < 1.29 is 0 Å². The van der Waals surface area contributed by atoms with Crippen LogP contribution in [0.15, 0.2) is 0 Å². The first kappa shape index (κ1) is 7.60. The molecule has 2 bridgehead atoms. The molecule has 0 amide bonds. The number of rotatable bonds is 1. The molecule has 1 nitrogen and oxygen atoms in total. The highest BCUT2D eigenvalue weighted by atomic mass is 15.1. The molecule has 2 fully saturated rings. The number of nitrogens with zero attached hydrogens (tertiary/aromatic N) is 1. The molecule has 0 spiro atoms. The van der Waals surface area contributed by atoms with Crippen molar-refractivity contribution in [2.45, 2.75) is 32.6 Å². The van der Waals surface area contributed by atoms with Gasteiger partial charge in [0.05, 0.1) is 0 Å². The van der Waals surface area contributed by atoms with E-state index in [1.54, 1.807) is 0 Å². The van der Waals surface area contributed by atoms with Crippen LogP contribution in [0, 0.1) is 11.8 Å². The van der Waals surface area contributed by atoms with Crippen molar-refractivity contribution in [3.63, 3.8) is 0 Å². The predicted octanol–water partition coefficient (Wildman–Crippen LogP) is 2.13. The third kappa shape index (κ3) is 1.58. The molecule has 64 valence electrons. The minimum Gasteiger partial charge on any atom is -0.303 e. The molecular formula is C10H19N. The van der Waals surface area contributed by atoms with Crippen LogP contribution in [-0.4, -0.2) is 24.5 Å². The Kier molecular flexibility index (Phi) is 2.17. The third-order valence-corrected chi connectivity index (χ3v) is 3.47. The highest BCUT2D eigenvalue weighted by Crippen LogP contribution is 2.35. The predicted molar refractivity (Wildman–Crippen MR) is 47.6 cm³/mol. The molecule has 1 heteroatoms. The lowest BCUT2D eigenvalue weighted by molar-refractivity contribution is 0.248. The average molecular weight is 153 g/mol. The van der Waals surface area contributed by atoms with E-state index in [9.17, 15) is 0 Å². The zero-order valence-corrected chi connectivity index (χ0v) is 7.55. The number of fused-ring (bicyclic) bond motifs is 2. The Bertz CT molecular complexity index is 133. The van der Waals surface area contributed by atoms with Gasteiger partial charge in [0.25, 0.3) is 0 Å². The normalized spacial score (nSPS) is 39.0. The van der Waals surface area contributed by atoms with Crippen molar-refractivity contribution in [2.75, 3.05) is 19.6 Å². The van der Waals surface area contributed by atoms with Gasteiger partial charge >= 0.3 is 0 Å². The van der Waals surface area contributed by atoms with Gasteiger partial charge in [0.1, 0.15) is 0 Å². The second-order valence-corrected chi connectivity index (χ2v) is 4.23. The maximum atomic E-state index is 2.63. The molecule has 0 radical (unpaired) electrons. The van der Waals surface area contributed by atoms with E-state index in [0.29, 0.717) is 0 Å². The first-order valence-electron chi connectivity index (χ1n) is 5.11. The molecule has 0 aromatic heterocycles. The van der Waals surface area contributed by atoms with Gasteiger partial charge in [-0.25, -0.2) is 0 Å². The van der Waals surface area contributed by atoms with E-state index in [0.717, 1.165) is 11.8 Å². The lowest BCUT2D eigenvalue weighted by Gasteiger charge is -2.22. The summed E-state index contributed by atoms with van der Waals surface area (Å²) < 4.78 is 0. The summed E-state index contributed by atoms with van der Waals surface area (Å²) in [6.45, 7) is 6.33. The number of hydrogen-bond donors (Lipinski definition) is 0. The van der Waals surface area contributed by atoms with Crippen molar-refractivity contribution in [3.8, 4) is 0 Å². The van der Waals surface area contributed by atoms with Crippen molar-refractivity contribution in [1.29, 1.82) is 0 Å². The van der Waals surface area contributed by atoms with Crippen molar-refractivity contribution >= 4 is 0 Å². The Morgan fingerprint density at radius 3 is 2.82 bits per heavy atom. The van der Waals surface area contributed by atoms with E-state index in [-0.39, 0.29) is 0 Å². The molecule has 0 aromatic carbocycles. The average Bonchev–Trinajstić information content (AvgIpc) is 2.31. The van der Waals surface area contributed by atoms with Gasteiger partial charge in [-0.15, -0.1) is 0 Å². The van der Waals surface area contributed by atoms with Crippen LogP contribution in [0.25, 0.3) is 0 Å². The molecule has 1 saturated heterocycles. The highest BCUT2D eigenvalue weighted by Gasteiger charge is 2.28. The van der Waals surface area contributed by atoms with E-state index in [1.807, 2.05) is 0 Å². The van der Waals surface area contributed by atoms with E-state index < -0.39 is 0 Å². The fourth-order valence-electron chi connectivity index (χ4n) is 2.72. The van der Waals surface area contributed by atoms with E-state index in [4.69, 9.17) is 0 Å². The summed E-state index contributed by atoms with van der Waals surface area (Å²) in [6.07, 6.45) is 6.06. The second-order valence-electron chi connectivity index (χ2n) is 4.23. The molecule has 0 N–H and O–H groups in total. The Morgan fingerprint density at radius 2 is 2.00 bits per heavy atom. The fraction of sp³-hybridized carbons (Fsp3) is 1.00. The highest BCUT2D eigenvalue weighted by molar-refractivity contribution is 4.82. The van der Waals surface area contributed by atoms with Crippen LogP contribution in [0.3, 0.4) is 0 Å². The number of hydrogen-bond acceptors (Lipinski definition) is 1. The summed E-state index contributed by atoms with van der Waals surface area (Å²) >= 11 is 0. The zero-order valence-electron chi connectivity index (χ0n) is 7.55. The molecule has 2 unspecified atom stereocenters. The molecule has 1 aliphatic carbocycles. The summed E-state index contributed by atoms with van der Waals surface area (Å²) in [5, 5.41) is 0. The molecule has 1 aliphatic heterocycles. The van der Waals surface area contributed by atoms with Gasteiger partial charge in [0.2, 0.25) is 0 Å². The Balaban J connectivity index is 1.94. The quantitative estimate of drug-likeness (QED) is 0.558. The molecule has 2 aliphatic rings. The molecule has 2 atom stereocenters. The smallest absolute Gasteiger partial charge is 0.000965 e. The fourth-order valence-corrected chi connectivity index (χ4v) is 2.72. The zero-order chi connectivity index (χ0) is 7.68. The summed E-state index contributed by atoms with van der Waals surface area (Å²) in [4.78, 5) is 2.63. The van der Waals surface area contributed by atoms with Crippen LogP contribution in [-0.2, 0) is 0 Å². The van der Waals surface area contributed by atoms with Crippen molar-refractivity contribution in [2.24, 2.45) is 11.8 Å². The monoisotopic (exact) mass is 153 g/mol. The SMILES string of the molecule is CCN1CCC2CCC(C2)C1. The maximum absolute atomic E-state index is 2.63. The topological polar surface area (TPSA) is 3.24 Å².